The minimum absolute atomic E-state index is 0.148. The van der Waals surface area contributed by atoms with Gasteiger partial charge in [0, 0.05) is 9.79 Å². The molecule has 0 aliphatic carbocycles. The van der Waals surface area contributed by atoms with Crippen LogP contribution in [-0.4, -0.2) is 11.8 Å². The molecule has 3 aromatic rings. The van der Waals surface area contributed by atoms with Gasteiger partial charge in [0.25, 0.3) is 11.8 Å². The van der Waals surface area contributed by atoms with E-state index in [1.807, 2.05) is 62.4 Å². The lowest BCUT2D eigenvalue weighted by Crippen LogP contribution is -2.31. The maximum absolute atomic E-state index is 13.6. The van der Waals surface area contributed by atoms with Crippen LogP contribution in [-0.2, 0) is 9.59 Å². The summed E-state index contributed by atoms with van der Waals surface area (Å²) in [4.78, 5) is 30.0. The SMILES string of the molecule is Cc1ccc(SC2=C(Sc3ccc(C)cc3)C(=O)N(c3ccc(F)c(Cl)c3)C2=O)cc1. The lowest BCUT2D eigenvalue weighted by Gasteiger charge is -2.15. The molecule has 1 aliphatic rings. The third-order valence-corrected chi connectivity index (χ3v) is 7.24. The summed E-state index contributed by atoms with van der Waals surface area (Å²) in [5.74, 6) is -1.51. The minimum atomic E-state index is -0.610. The van der Waals surface area contributed by atoms with E-state index in [-0.39, 0.29) is 10.7 Å². The van der Waals surface area contributed by atoms with Crippen molar-refractivity contribution in [2.24, 2.45) is 0 Å². The molecule has 7 heteroatoms. The first kappa shape index (κ1) is 21.7. The lowest BCUT2D eigenvalue weighted by atomic mass is 10.2. The Kier molecular flexibility index (Phi) is 6.23. The molecule has 156 valence electrons. The second kappa shape index (κ2) is 8.91. The highest BCUT2D eigenvalue weighted by atomic mass is 35.5. The van der Waals surface area contributed by atoms with E-state index in [1.54, 1.807) is 0 Å². The van der Waals surface area contributed by atoms with Gasteiger partial charge in [0.05, 0.1) is 20.5 Å². The van der Waals surface area contributed by atoms with Gasteiger partial charge >= 0.3 is 0 Å². The van der Waals surface area contributed by atoms with Gasteiger partial charge in [-0.05, 0) is 56.3 Å². The van der Waals surface area contributed by atoms with Gasteiger partial charge < -0.3 is 0 Å². The fourth-order valence-corrected chi connectivity index (χ4v) is 5.13. The smallest absolute Gasteiger partial charge is 0.268 e. The fourth-order valence-electron chi connectivity index (χ4n) is 2.98. The van der Waals surface area contributed by atoms with Crippen LogP contribution in [0, 0.1) is 19.7 Å². The lowest BCUT2D eigenvalue weighted by molar-refractivity contribution is -0.120. The second-order valence-corrected chi connectivity index (χ2v) is 9.61. The Morgan fingerprint density at radius 1 is 0.742 bits per heavy atom. The van der Waals surface area contributed by atoms with Crippen molar-refractivity contribution < 1.29 is 14.0 Å². The van der Waals surface area contributed by atoms with Gasteiger partial charge in [-0.2, -0.15) is 0 Å². The highest BCUT2D eigenvalue weighted by Crippen LogP contribution is 2.44. The standard InChI is InChI=1S/C24H17ClFNO2S2/c1-14-3-8-17(9-4-14)30-21-22(31-18-10-5-15(2)6-11-18)24(29)27(23(21)28)16-7-12-20(26)19(25)13-16/h3-13H,1-2H3. The Bertz CT molecular complexity index is 1140. The number of hydrogen-bond donors (Lipinski definition) is 0. The Labute approximate surface area is 193 Å². The van der Waals surface area contributed by atoms with Crippen LogP contribution < -0.4 is 4.90 Å². The van der Waals surface area contributed by atoms with Crippen molar-refractivity contribution in [2.45, 2.75) is 23.6 Å². The van der Waals surface area contributed by atoms with Crippen LogP contribution in [0.25, 0.3) is 0 Å². The van der Waals surface area contributed by atoms with Crippen molar-refractivity contribution in [3.63, 3.8) is 0 Å². The molecule has 0 fully saturated rings. The molecule has 31 heavy (non-hydrogen) atoms. The summed E-state index contributed by atoms with van der Waals surface area (Å²) in [7, 11) is 0. The Morgan fingerprint density at radius 3 is 1.61 bits per heavy atom. The molecule has 0 radical (unpaired) electrons. The number of aryl methyl sites for hydroxylation is 2. The topological polar surface area (TPSA) is 37.4 Å². The molecule has 0 saturated carbocycles. The van der Waals surface area contributed by atoms with E-state index >= 15 is 0 Å². The van der Waals surface area contributed by atoms with Crippen LogP contribution in [0.2, 0.25) is 5.02 Å². The van der Waals surface area contributed by atoms with Gasteiger partial charge in [0.2, 0.25) is 0 Å². The van der Waals surface area contributed by atoms with Crippen LogP contribution >= 0.6 is 35.1 Å². The number of amides is 2. The van der Waals surface area contributed by atoms with Gasteiger partial charge in [-0.15, -0.1) is 0 Å². The summed E-state index contributed by atoms with van der Waals surface area (Å²) in [5, 5.41) is -0.148. The number of carbonyl (C=O) groups is 2. The van der Waals surface area contributed by atoms with E-state index in [1.165, 1.54) is 35.7 Å². The van der Waals surface area contributed by atoms with E-state index in [0.717, 1.165) is 31.9 Å². The third kappa shape index (κ3) is 4.56. The van der Waals surface area contributed by atoms with Crippen LogP contribution in [0.5, 0.6) is 0 Å². The van der Waals surface area contributed by atoms with Crippen molar-refractivity contribution in [3.8, 4) is 0 Å². The van der Waals surface area contributed by atoms with E-state index in [4.69, 9.17) is 11.6 Å². The van der Waals surface area contributed by atoms with Gasteiger partial charge in [-0.25, -0.2) is 9.29 Å². The average molecular weight is 470 g/mol. The number of hydrogen-bond acceptors (Lipinski definition) is 4. The summed E-state index contributed by atoms with van der Waals surface area (Å²) in [5.41, 5.74) is 2.44. The average Bonchev–Trinajstić information content (AvgIpc) is 2.97. The number of rotatable bonds is 5. The number of halogens is 2. The monoisotopic (exact) mass is 469 g/mol. The number of anilines is 1. The van der Waals surface area contributed by atoms with Gasteiger partial charge in [-0.3, -0.25) is 9.59 Å². The fraction of sp³-hybridized carbons (Fsp3) is 0.0833. The Morgan fingerprint density at radius 2 is 1.19 bits per heavy atom. The summed E-state index contributed by atoms with van der Waals surface area (Å²) in [6.45, 7) is 3.97. The third-order valence-electron chi connectivity index (χ3n) is 4.64. The van der Waals surface area contributed by atoms with Crippen molar-refractivity contribution in [1.29, 1.82) is 0 Å². The van der Waals surface area contributed by atoms with Crippen LogP contribution in [0.15, 0.2) is 86.3 Å². The molecule has 0 unspecified atom stereocenters. The molecule has 1 aliphatic heterocycles. The van der Waals surface area contributed by atoms with E-state index < -0.39 is 17.6 Å². The van der Waals surface area contributed by atoms with Crippen LogP contribution in [0.1, 0.15) is 11.1 Å². The number of nitrogens with zero attached hydrogens (tertiary/aromatic N) is 1. The van der Waals surface area contributed by atoms with E-state index in [2.05, 4.69) is 0 Å². The molecule has 0 saturated heterocycles. The number of benzene rings is 3. The minimum Gasteiger partial charge on any atom is -0.268 e. The van der Waals surface area contributed by atoms with Crippen molar-refractivity contribution >= 4 is 52.6 Å². The molecule has 3 aromatic carbocycles. The molecule has 0 bridgehead atoms. The molecule has 2 amide bonds. The van der Waals surface area contributed by atoms with Crippen LogP contribution in [0.3, 0.4) is 0 Å². The molecular weight excluding hydrogens is 453 g/mol. The quantitative estimate of drug-likeness (QED) is 0.386. The zero-order valence-electron chi connectivity index (χ0n) is 16.7. The second-order valence-electron chi connectivity index (χ2n) is 7.03. The molecule has 0 atom stereocenters. The first-order chi connectivity index (χ1) is 14.8. The number of carbonyl (C=O) groups excluding carboxylic acids is 2. The van der Waals surface area contributed by atoms with Crippen molar-refractivity contribution in [2.75, 3.05) is 4.90 Å². The van der Waals surface area contributed by atoms with Gasteiger partial charge in [-0.1, -0.05) is 70.5 Å². The number of imide groups is 1. The van der Waals surface area contributed by atoms with Gasteiger partial charge in [0.15, 0.2) is 0 Å². The summed E-state index contributed by atoms with van der Waals surface area (Å²) in [6.07, 6.45) is 0. The summed E-state index contributed by atoms with van der Waals surface area (Å²) < 4.78 is 13.6. The molecule has 0 aromatic heterocycles. The predicted octanol–water partition coefficient (Wildman–Crippen LogP) is 6.77. The normalized spacial score (nSPS) is 14.0. The molecule has 4 rings (SSSR count). The maximum Gasteiger partial charge on any atom is 0.273 e. The first-order valence-electron chi connectivity index (χ1n) is 9.40. The van der Waals surface area contributed by atoms with Crippen molar-refractivity contribution in [1.82, 2.24) is 0 Å². The van der Waals surface area contributed by atoms with Gasteiger partial charge in [0.1, 0.15) is 5.82 Å². The van der Waals surface area contributed by atoms with Crippen LogP contribution in [0.4, 0.5) is 10.1 Å². The molecule has 0 spiro atoms. The zero-order chi connectivity index (χ0) is 22.1. The van der Waals surface area contributed by atoms with Crippen molar-refractivity contribution in [3.05, 3.63) is 98.5 Å². The Balaban J connectivity index is 1.74. The first-order valence-corrected chi connectivity index (χ1v) is 11.4. The highest BCUT2D eigenvalue weighted by Gasteiger charge is 2.40. The highest BCUT2D eigenvalue weighted by molar-refractivity contribution is 8.08. The summed E-state index contributed by atoms with van der Waals surface area (Å²) >= 11 is 8.40. The molecule has 1 heterocycles. The zero-order valence-corrected chi connectivity index (χ0v) is 19.1. The molecule has 3 nitrogen and oxygen atoms in total. The largest absolute Gasteiger partial charge is 0.273 e. The van der Waals surface area contributed by atoms with E-state index in [9.17, 15) is 14.0 Å². The maximum atomic E-state index is 13.6. The Hall–Kier alpha value is -2.54. The molecular formula is C24H17ClFNO2S2. The molecule has 0 N–H and O–H groups in total. The summed E-state index contributed by atoms with van der Waals surface area (Å²) in [6, 6.07) is 19.3. The number of thioether (sulfide) groups is 2. The van der Waals surface area contributed by atoms with E-state index in [0.29, 0.717) is 9.81 Å². The predicted molar refractivity (Wildman–Crippen MR) is 125 cm³/mol.